The molecule has 3 aromatic heterocycles. The largest absolute Gasteiger partial charge is 0.325 e. The molecule has 0 aliphatic carbocycles. The molecule has 132 valence electrons. The SMILES string of the molecule is O=C1CCNCCN1c1ccc(Nc2cccc(-c3nccs3)n2)nc1. The summed E-state index contributed by atoms with van der Waals surface area (Å²) >= 11 is 1.55. The average molecular weight is 366 g/mol. The number of carbonyl (C=O) groups is 1. The molecule has 0 unspecified atom stereocenters. The number of rotatable bonds is 4. The molecule has 4 heterocycles. The average Bonchev–Trinajstić information content (AvgIpc) is 3.12. The third-order valence-electron chi connectivity index (χ3n) is 4.05. The zero-order chi connectivity index (χ0) is 17.8. The first-order valence-corrected chi connectivity index (χ1v) is 9.29. The van der Waals surface area contributed by atoms with Crippen molar-refractivity contribution in [2.75, 3.05) is 29.9 Å². The van der Waals surface area contributed by atoms with E-state index in [1.807, 2.05) is 35.7 Å². The molecule has 2 N–H and O–H groups in total. The number of aromatic nitrogens is 3. The van der Waals surface area contributed by atoms with Crippen LogP contribution in [0.15, 0.2) is 48.1 Å². The summed E-state index contributed by atoms with van der Waals surface area (Å²) in [4.78, 5) is 27.2. The van der Waals surface area contributed by atoms with E-state index >= 15 is 0 Å². The molecular weight excluding hydrogens is 348 g/mol. The highest BCUT2D eigenvalue weighted by atomic mass is 32.1. The zero-order valence-electron chi connectivity index (χ0n) is 14.1. The number of pyridine rings is 2. The molecule has 0 bridgehead atoms. The van der Waals surface area contributed by atoms with Crippen molar-refractivity contribution in [2.24, 2.45) is 0 Å². The van der Waals surface area contributed by atoms with Gasteiger partial charge in [0, 0.05) is 37.6 Å². The Bertz CT molecular complexity index is 881. The molecule has 1 amide bonds. The first-order chi connectivity index (χ1) is 12.8. The van der Waals surface area contributed by atoms with Gasteiger partial charge in [0.15, 0.2) is 0 Å². The summed E-state index contributed by atoms with van der Waals surface area (Å²) in [6, 6.07) is 9.52. The van der Waals surface area contributed by atoms with Crippen molar-refractivity contribution >= 4 is 34.6 Å². The van der Waals surface area contributed by atoms with E-state index in [-0.39, 0.29) is 5.91 Å². The van der Waals surface area contributed by atoms with Gasteiger partial charge in [-0.05, 0) is 24.3 Å². The van der Waals surface area contributed by atoms with Gasteiger partial charge in [0.05, 0.1) is 11.9 Å². The van der Waals surface area contributed by atoms with Crippen LogP contribution in [0.5, 0.6) is 0 Å². The van der Waals surface area contributed by atoms with Crippen molar-refractivity contribution < 1.29 is 4.79 Å². The number of nitrogens with one attached hydrogen (secondary N) is 2. The Morgan fingerprint density at radius 3 is 2.88 bits per heavy atom. The molecule has 0 radical (unpaired) electrons. The fraction of sp³-hybridized carbons (Fsp3) is 0.222. The molecule has 1 saturated heterocycles. The molecule has 0 aromatic carbocycles. The van der Waals surface area contributed by atoms with Crippen molar-refractivity contribution in [2.45, 2.75) is 6.42 Å². The predicted octanol–water partition coefficient (Wildman–Crippen LogP) is 2.67. The van der Waals surface area contributed by atoms with E-state index in [0.717, 1.165) is 29.5 Å². The summed E-state index contributed by atoms with van der Waals surface area (Å²) in [6.07, 6.45) is 3.99. The third kappa shape index (κ3) is 3.71. The highest BCUT2D eigenvalue weighted by Gasteiger charge is 2.18. The van der Waals surface area contributed by atoms with E-state index in [9.17, 15) is 4.79 Å². The van der Waals surface area contributed by atoms with E-state index in [4.69, 9.17) is 0 Å². The fourth-order valence-electron chi connectivity index (χ4n) is 2.77. The molecule has 0 saturated carbocycles. The van der Waals surface area contributed by atoms with Crippen molar-refractivity contribution in [1.82, 2.24) is 20.3 Å². The summed E-state index contributed by atoms with van der Waals surface area (Å²) in [6.45, 7) is 2.17. The van der Waals surface area contributed by atoms with Gasteiger partial charge in [-0.2, -0.15) is 0 Å². The molecule has 1 aliphatic rings. The van der Waals surface area contributed by atoms with Gasteiger partial charge in [-0.1, -0.05) is 6.07 Å². The molecule has 8 heteroatoms. The summed E-state index contributed by atoms with van der Waals surface area (Å²) in [5, 5.41) is 9.24. The van der Waals surface area contributed by atoms with Crippen LogP contribution in [0.25, 0.3) is 10.7 Å². The van der Waals surface area contributed by atoms with Crippen LogP contribution in [0.3, 0.4) is 0 Å². The molecule has 26 heavy (non-hydrogen) atoms. The first kappa shape index (κ1) is 16.6. The number of hydrogen-bond donors (Lipinski definition) is 2. The molecule has 0 spiro atoms. The number of nitrogens with zero attached hydrogens (tertiary/aromatic N) is 4. The predicted molar refractivity (Wildman–Crippen MR) is 103 cm³/mol. The van der Waals surface area contributed by atoms with Crippen molar-refractivity contribution in [3.8, 4) is 10.7 Å². The number of thiazole rings is 1. The minimum Gasteiger partial charge on any atom is -0.325 e. The lowest BCUT2D eigenvalue weighted by Gasteiger charge is -2.20. The van der Waals surface area contributed by atoms with E-state index < -0.39 is 0 Å². The van der Waals surface area contributed by atoms with Gasteiger partial charge in [0.1, 0.15) is 22.3 Å². The van der Waals surface area contributed by atoms with Gasteiger partial charge >= 0.3 is 0 Å². The normalized spacial score (nSPS) is 14.9. The van der Waals surface area contributed by atoms with Crippen molar-refractivity contribution in [3.63, 3.8) is 0 Å². The van der Waals surface area contributed by atoms with Crippen molar-refractivity contribution in [1.29, 1.82) is 0 Å². The highest BCUT2D eigenvalue weighted by molar-refractivity contribution is 7.13. The molecule has 1 fully saturated rings. The maximum Gasteiger partial charge on any atom is 0.228 e. The second-order valence-corrected chi connectivity index (χ2v) is 6.71. The van der Waals surface area contributed by atoms with Gasteiger partial charge in [-0.15, -0.1) is 11.3 Å². The van der Waals surface area contributed by atoms with Crippen LogP contribution in [-0.4, -0.2) is 40.5 Å². The minimum absolute atomic E-state index is 0.121. The maximum atomic E-state index is 12.2. The fourth-order valence-corrected chi connectivity index (χ4v) is 3.37. The summed E-state index contributed by atoms with van der Waals surface area (Å²) in [5.41, 5.74) is 1.64. The van der Waals surface area contributed by atoms with Crippen LogP contribution in [0.2, 0.25) is 0 Å². The maximum absolute atomic E-state index is 12.2. The Labute approximate surface area is 155 Å². The number of carbonyl (C=O) groups excluding carboxylic acids is 1. The number of amides is 1. The van der Waals surface area contributed by atoms with E-state index in [1.165, 1.54) is 0 Å². The quantitative estimate of drug-likeness (QED) is 0.739. The van der Waals surface area contributed by atoms with Gasteiger partial charge in [-0.25, -0.2) is 15.0 Å². The van der Waals surface area contributed by atoms with Gasteiger partial charge in [0.2, 0.25) is 5.91 Å². The second-order valence-electron chi connectivity index (χ2n) is 5.82. The smallest absolute Gasteiger partial charge is 0.228 e. The molecule has 0 atom stereocenters. The minimum atomic E-state index is 0.121. The zero-order valence-corrected chi connectivity index (χ0v) is 14.9. The van der Waals surface area contributed by atoms with Crippen LogP contribution in [0.4, 0.5) is 17.3 Å². The van der Waals surface area contributed by atoms with Crippen LogP contribution in [0, 0.1) is 0 Å². The third-order valence-corrected chi connectivity index (χ3v) is 4.84. The lowest BCUT2D eigenvalue weighted by molar-refractivity contribution is -0.118. The van der Waals surface area contributed by atoms with Gasteiger partial charge < -0.3 is 15.5 Å². The van der Waals surface area contributed by atoms with Crippen LogP contribution < -0.4 is 15.5 Å². The Morgan fingerprint density at radius 1 is 1.12 bits per heavy atom. The number of hydrogen-bond acceptors (Lipinski definition) is 7. The summed E-state index contributed by atoms with van der Waals surface area (Å²) in [5.74, 6) is 1.50. The topological polar surface area (TPSA) is 83.0 Å². The Balaban J connectivity index is 1.49. The lowest BCUT2D eigenvalue weighted by atomic mass is 10.3. The molecule has 4 rings (SSSR count). The first-order valence-electron chi connectivity index (χ1n) is 8.41. The van der Waals surface area contributed by atoms with Crippen LogP contribution in [-0.2, 0) is 4.79 Å². The second kappa shape index (κ2) is 7.59. The van der Waals surface area contributed by atoms with E-state index in [0.29, 0.717) is 24.6 Å². The molecule has 7 nitrogen and oxygen atoms in total. The van der Waals surface area contributed by atoms with E-state index in [2.05, 4.69) is 25.6 Å². The Kier molecular flexibility index (Phi) is 4.85. The molecule has 1 aliphatic heterocycles. The van der Waals surface area contributed by atoms with E-state index in [1.54, 1.807) is 28.6 Å². The monoisotopic (exact) mass is 366 g/mol. The standard InChI is InChI=1S/C18H18N6OS/c25-17-6-7-19-8-10-24(17)13-4-5-15(21-12-13)23-16-3-1-2-14(22-16)18-20-9-11-26-18/h1-5,9,11-12,19H,6-8,10H2,(H,21,22,23). The number of anilines is 3. The summed E-state index contributed by atoms with van der Waals surface area (Å²) in [7, 11) is 0. The Morgan fingerprint density at radius 2 is 2.08 bits per heavy atom. The molecular formula is C18H18N6OS. The Hall–Kier alpha value is -2.84. The summed E-state index contributed by atoms with van der Waals surface area (Å²) < 4.78 is 0. The van der Waals surface area contributed by atoms with Crippen LogP contribution >= 0.6 is 11.3 Å². The molecule has 3 aromatic rings. The van der Waals surface area contributed by atoms with Gasteiger partial charge in [0.25, 0.3) is 0 Å². The van der Waals surface area contributed by atoms with Crippen LogP contribution in [0.1, 0.15) is 6.42 Å². The van der Waals surface area contributed by atoms with Crippen molar-refractivity contribution in [3.05, 3.63) is 48.1 Å². The highest BCUT2D eigenvalue weighted by Crippen LogP contribution is 2.23. The van der Waals surface area contributed by atoms with Gasteiger partial charge in [-0.3, -0.25) is 4.79 Å². The lowest BCUT2D eigenvalue weighted by Crippen LogP contribution is -2.32.